The predicted octanol–water partition coefficient (Wildman–Crippen LogP) is 4.71. The summed E-state index contributed by atoms with van der Waals surface area (Å²) in [6.45, 7) is 3.66. The quantitative estimate of drug-likeness (QED) is 0.522. The zero-order valence-electron chi connectivity index (χ0n) is 19.1. The number of aromatic carboxylic acids is 1. The van der Waals surface area contributed by atoms with Crippen molar-refractivity contribution in [2.45, 2.75) is 20.5 Å². The van der Waals surface area contributed by atoms with Crippen LogP contribution in [0.5, 0.6) is 0 Å². The molecule has 0 aliphatic carbocycles. The number of carboxylic acids is 1. The number of carbonyl (C=O) groups is 3. The first-order chi connectivity index (χ1) is 16.3. The lowest BCUT2D eigenvalue weighted by atomic mass is 9.96. The molecule has 172 valence electrons. The van der Waals surface area contributed by atoms with Gasteiger partial charge in [0.15, 0.2) is 0 Å². The van der Waals surface area contributed by atoms with Crippen molar-refractivity contribution in [3.8, 4) is 0 Å². The fourth-order valence-corrected chi connectivity index (χ4v) is 4.05. The smallest absolute Gasteiger partial charge is 0.335 e. The maximum Gasteiger partial charge on any atom is 0.335 e. The zero-order chi connectivity index (χ0) is 24.4. The van der Waals surface area contributed by atoms with Crippen LogP contribution in [0.3, 0.4) is 0 Å². The van der Waals surface area contributed by atoms with Crippen LogP contribution in [-0.2, 0) is 20.9 Å². The summed E-state index contributed by atoms with van der Waals surface area (Å²) in [4.78, 5) is 38.6. The van der Waals surface area contributed by atoms with Gasteiger partial charge in [0.25, 0.3) is 5.91 Å². The van der Waals surface area contributed by atoms with Gasteiger partial charge in [-0.05, 0) is 60.0 Å². The molecule has 3 aromatic carbocycles. The minimum atomic E-state index is -1.02. The van der Waals surface area contributed by atoms with E-state index in [9.17, 15) is 19.5 Å². The minimum absolute atomic E-state index is 0.158. The van der Waals surface area contributed by atoms with Crippen LogP contribution < -0.4 is 10.2 Å². The topological polar surface area (TPSA) is 95.9 Å². The van der Waals surface area contributed by atoms with Crippen molar-refractivity contribution < 1.29 is 24.2 Å². The number of nitrogens with zero attached hydrogens (tertiary/aromatic N) is 1. The highest BCUT2D eigenvalue weighted by Crippen LogP contribution is 2.42. The second-order valence-electron chi connectivity index (χ2n) is 8.01. The summed E-state index contributed by atoms with van der Waals surface area (Å²) < 4.78 is 5.29. The van der Waals surface area contributed by atoms with E-state index in [1.807, 2.05) is 49.4 Å². The molecule has 2 amide bonds. The number of methoxy groups -OCH3 is 1. The maximum absolute atomic E-state index is 13.6. The van der Waals surface area contributed by atoms with E-state index in [1.165, 1.54) is 24.0 Å². The second-order valence-corrected chi connectivity index (χ2v) is 8.01. The zero-order valence-corrected chi connectivity index (χ0v) is 19.1. The Labute approximate surface area is 197 Å². The van der Waals surface area contributed by atoms with Gasteiger partial charge < -0.3 is 15.2 Å². The summed E-state index contributed by atoms with van der Waals surface area (Å²) >= 11 is 0. The molecule has 4 rings (SSSR count). The number of nitrogens with one attached hydrogen (secondary N) is 1. The molecule has 0 saturated carbocycles. The van der Waals surface area contributed by atoms with Crippen LogP contribution in [0, 0.1) is 6.92 Å². The van der Waals surface area contributed by atoms with E-state index >= 15 is 0 Å². The minimum Gasteiger partial charge on any atom is -0.478 e. The fourth-order valence-electron chi connectivity index (χ4n) is 4.05. The predicted molar refractivity (Wildman–Crippen MR) is 130 cm³/mol. The van der Waals surface area contributed by atoms with Gasteiger partial charge in [0.05, 0.1) is 29.1 Å². The number of fused-ring (bicyclic) bond motifs is 1. The lowest BCUT2D eigenvalue weighted by molar-refractivity contribution is -0.122. The molecule has 1 heterocycles. The number of ether oxygens (including phenoxy) is 1. The molecule has 0 radical (unpaired) electrons. The Hall–Kier alpha value is -4.23. The molecule has 0 atom stereocenters. The van der Waals surface area contributed by atoms with E-state index < -0.39 is 11.9 Å². The van der Waals surface area contributed by atoms with E-state index in [2.05, 4.69) is 5.32 Å². The highest BCUT2D eigenvalue weighted by Gasteiger charge is 2.38. The van der Waals surface area contributed by atoms with Crippen LogP contribution in [-0.4, -0.2) is 30.0 Å². The van der Waals surface area contributed by atoms with Crippen molar-refractivity contribution >= 4 is 40.4 Å². The van der Waals surface area contributed by atoms with Crippen molar-refractivity contribution in [2.75, 3.05) is 17.3 Å². The highest BCUT2D eigenvalue weighted by molar-refractivity contribution is 6.43. The van der Waals surface area contributed by atoms with E-state index in [0.29, 0.717) is 34.8 Å². The molecule has 7 heteroatoms. The Morgan fingerprint density at radius 2 is 1.68 bits per heavy atom. The summed E-state index contributed by atoms with van der Waals surface area (Å²) in [5.41, 5.74) is 5.40. The standard InChI is InChI=1S/C27H24N2O5/c1-16-13-22-23(14-20(16)15-34-3)29(17(2)30)26(31)24(22)25(18-7-5-4-6-8-18)28-21-11-9-19(10-12-21)27(32)33/h4-14,28H,15H2,1-3H3,(H,32,33)/b25-24-. The van der Waals surface area contributed by atoms with Crippen molar-refractivity contribution in [2.24, 2.45) is 0 Å². The first-order valence-corrected chi connectivity index (χ1v) is 10.7. The number of imide groups is 1. The molecule has 2 N–H and O–H groups in total. The van der Waals surface area contributed by atoms with Crippen molar-refractivity contribution in [1.82, 2.24) is 0 Å². The van der Waals surface area contributed by atoms with E-state index in [-0.39, 0.29) is 11.5 Å². The van der Waals surface area contributed by atoms with E-state index in [0.717, 1.165) is 16.7 Å². The summed E-state index contributed by atoms with van der Waals surface area (Å²) in [7, 11) is 1.60. The third-order valence-corrected chi connectivity index (χ3v) is 5.71. The molecule has 0 aromatic heterocycles. The average Bonchev–Trinajstić information content (AvgIpc) is 3.09. The Bertz CT molecular complexity index is 1310. The molecule has 0 fully saturated rings. The third-order valence-electron chi connectivity index (χ3n) is 5.71. The summed E-state index contributed by atoms with van der Waals surface area (Å²) in [5.74, 6) is -1.83. The second kappa shape index (κ2) is 9.33. The van der Waals surface area contributed by atoms with Crippen LogP contribution in [0.1, 0.15) is 39.5 Å². The van der Waals surface area contributed by atoms with Gasteiger partial charge in [0, 0.05) is 25.3 Å². The van der Waals surface area contributed by atoms with Gasteiger partial charge in [0.1, 0.15) is 0 Å². The highest BCUT2D eigenvalue weighted by atomic mass is 16.5. The van der Waals surface area contributed by atoms with Gasteiger partial charge in [0.2, 0.25) is 5.91 Å². The lowest BCUT2D eigenvalue weighted by Crippen LogP contribution is -2.31. The number of aryl methyl sites for hydroxylation is 1. The number of carbonyl (C=O) groups excluding carboxylic acids is 2. The van der Waals surface area contributed by atoms with Gasteiger partial charge in [-0.2, -0.15) is 0 Å². The van der Waals surface area contributed by atoms with Crippen LogP contribution in [0.2, 0.25) is 0 Å². The van der Waals surface area contributed by atoms with Crippen molar-refractivity contribution in [1.29, 1.82) is 0 Å². The maximum atomic E-state index is 13.6. The number of anilines is 2. The number of benzene rings is 3. The third kappa shape index (κ3) is 4.21. The first kappa shape index (κ1) is 22.9. The summed E-state index contributed by atoms with van der Waals surface area (Å²) in [6.07, 6.45) is 0. The van der Waals surface area contributed by atoms with E-state index in [1.54, 1.807) is 19.2 Å². The SMILES string of the molecule is COCc1cc2c(cc1C)/C(=C(/Nc1ccc(C(=O)O)cc1)c1ccccc1)C(=O)N2C(C)=O. The molecule has 1 aliphatic rings. The molecular formula is C27H24N2O5. The molecular weight excluding hydrogens is 432 g/mol. The van der Waals surface area contributed by atoms with Gasteiger partial charge in [-0.1, -0.05) is 30.3 Å². The lowest BCUT2D eigenvalue weighted by Gasteiger charge is -2.16. The summed E-state index contributed by atoms with van der Waals surface area (Å²) in [5, 5.41) is 12.5. The Balaban J connectivity index is 1.94. The summed E-state index contributed by atoms with van der Waals surface area (Å²) in [6, 6.07) is 19.3. The monoisotopic (exact) mass is 456 g/mol. The van der Waals surface area contributed by atoms with Crippen LogP contribution in [0.15, 0.2) is 66.7 Å². The van der Waals surface area contributed by atoms with Crippen LogP contribution in [0.25, 0.3) is 11.3 Å². The van der Waals surface area contributed by atoms with Gasteiger partial charge in [-0.3, -0.25) is 9.59 Å². The normalized spacial score (nSPS) is 14.1. The van der Waals surface area contributed by atoms with Gasteiger partial charge >= 0.3 is 5.97 Å². The molecule has 0 unspecified atom stereocenters. The first-order valence-electron chi connectivity index (χ1n) is 10.7. The molecule has 34 heavy (non-hydrogen) atoms. The molecule has 0 bridgehead atoms. The van der Waals surface area contributed by atoms with Crippen molar-refractivity contribution in [3.63, 3.8) is 0 Å². The fraction of sp³-hybridized carbons (Fsp3) is 0.148. The van der Waals surface area contributed by atoms with Crippen LogP contribution >= 0.6 is 0 Å². The molecule has 3 aromatic rings. The van der Waals surface area contributed by atoms with Gasteiger partial charge in [-0.15, -0.1) is 0 Å². The van der Waals surface area contributed by atoms with Crippen LogP contribution in [0.4, 0.5) is 11.4 Å². The Morgan fingerprint density at radius 3 is 2.26 bits per heavy atom. The number of hydrogen-bond donors (Lipinski definition) is 2. The van der Waals surface area contributed by atoms with Crippen molar-refractivity contribution in [3.05, 3.63) is 94.5 Å². The Kier molecular flexibility index (Phi) is 6.30. The number of hydrogen-bond acceptors (Lipinski definition) is 5. The average molecular weight is 456 g/mol. The van der Waals surface area contributed by atoms with Gasteiger partial charge in [-0.25, -0.2) is 9.69 Å². The molecule has 1 aliphatic heterocycles. The Morgan fingerprint density at radius 1 is 1.00 bits per heavy atom. The molecule has 0 saturated heterocycles. The number of amides is 2. The van der Waals surface area contributed by atoms with E-state index in [4.69, 9.17) is 4.74 Å². The number of carboxylic acid groups (broad SMARTS) is 1. The largest absolute Gasteiger partial charge is 0.478 e. The number of rotatable bonds is 6. The molecule has 0 spiro atoms. The molecule has 7 nitrogen and oxygen atoms in total.